The van der Waals surface area contributed by atoms with Gasteiger partial charge >= 0.3 is 5.97 Å². The molecule has 0 aliphatic carbocycles. The number of benzene rings is 1. The van der Waals surface area contributed by atoms with Crippen LogP contribution in [-0.2, 0) is 9.53 Å². The van der Waals surface area contributed by atoms with Crippen molar-refractivity contribution in [2.45, 2.75) is 6.10 Å². The van der Waals surface area contributed by atoms with Crippen LogP contribution in [0.4, 0.5) is 0 Å². The Morgan fingerprint density at radius 3 is 2.69 bits per heavy atom. The first kappa shape index (κ1) is 11.7. The monoisotopic (exact) mass is 213 g/mol. The molecule has 1 rings (SSSR count). The first-order chi connectivity index (χ1) is 7.76. The van der Waals surface area contributed by atoms with Crippen molar-refractivity contribution in [2.24, 2.45) is 0 Å². The Kier molecular flexibility index (Phi) is 4.55. The fraction of sp³-hybridized carbons (Fsp3) is 0.0769. The number of nitrogens with zero attached hydrogens (tertiary/aromatic N) is 1. The minimum absolute atomic E-state index is 0.560. The summed E-state index contributed by atoms with van der Waals surface area (Å²) in [5.74, 6) is -0.560. The number of hydrogen-bond donors (Lipinski definition) is 0. The zero-order valence-electron chi connectivity index (χ0n) is 8.67. The number of nitriles is 1. The van der Waals surface area contributed by atoms with Gasteiger partial charge in [-0.3, -0.25) is 0 Å². The Morgan fingerprint density at radius 1 is 1.44 bits per heavy atom. The third-order valence-corrected chi connectivity index (χ3v) is 1.80. The van der Waals surface area contributed by atoms with Crippen LogP contribution in [0.2, 0.25) is 0 Å². The van der Waals surface area contributed by atoms with Gasteiger partial charge in [0.2, 0.25) is 6.10 Å². The Balaban J connectivity index is 2.56. The Labute approximate surface area is 94.3 Å². The van der Waals surface area contributed by atoms with Gasteiger partial charge < -0.3 is 4.74 Å². The van der Waals surface area contributed by atoms with Crippen LogP contribution in [0, 0.1) is 11.3 Å². The molecule has 80 valence electrons. The molecule has 0 heterocycles. The molecule has 0 spiro atoms. The van der Waals surface area contributed by atoms with Gasteiger partial charge in [0.15, 0.2) is 0 Å². The van der Waals surface area contributed by atoms with E-state index >= 15 is 0 Å². The fourth-order valence-corrected chi connectivity index (χ4v) is 1.02. The van der Waals surface area contributed by atoms with E-state index in [1.165, 1.54) is 12.2 Å². The first-order valence-electron chi connectivity index (χ1n) is 4.72. The van der Waals surface area contributed by atoms with Crippen molar-refractivity contribution in [2.75, 3.05) is 0 Å². The third kappa shape index (κ3) is 3.81. The summed E-state index contributed by atoms with van der Waals surface area (Å²) in [6, 6.07) is 11.1. The van der Waals surface area contributed by atoms with Crippen LogP contribution >= 0.6 is 0 Å². The summed E-state index contributed by atoms with van der Waals surface area (Å²) in [5.41, 5.74) is 0.895. The average molecular weight is 213 g/mol. The molecule has 0 amide bonds. The molecule has 1 aromatic carbocycles. The van der Waals surface area contributed by atoms with E-state index < -0.39 is 12.1 Å². The molecule has 1 unspecified atom stereocenters. The van der Waals surface area contributed by atoms with Crippen LogP contribution in [0.5, 0.6) is 0 Å². The van der Waals surface area contributed by atoms with Crippen molar-refractivity contribution in [1.82, 2.24) is 0 Å². The Morgan fingerprint density at radius 2 is 2.12 bits per heavy atom. The summed E-state index contributed by atoms with van der Waals surface area (Å²) in [6.45, 7) is 3.38. The first-order valence-corrected chi connectivity index (χ1v) is 4.72. The Hall–Kier alpha value is -2.34. The molecular formula is C13H11NO2. The molecule has 0 saturated heterocycles. The predicted molar refractivity (Wildman–Crippen MR) is 61.2 cm³/mol. The summed E-state index contributed by atoms with van der Waals surface area (Å²) in [4.78, 5) is 11.2. The Bertz CT molecular complexity index is 429. The van der Waals surface area contributed by atoms with Gasteiger partial charge in [-0.15, -0.1) is 0 Å². The van der Waals surface area contributed by atoms with Crippen LogP contribution < -0.4 is 0 Å². The largest absolute Gasteiger partial charge is 0.439 e. The summed E-state index contributed by atoms with van der Waals surface area (Å²) in [7, 11) is 0. The number of carbonyl (C=O) groups is 1. The number of carbonyl (C=O) groups excluding carboxylic acids is 1. The molecule has 0 aliphatic heterocycles. The van der Waals surface area contributed by atoms with E-state index in [4.69, 9.17) is 10.00 Å². The van der Waals surface area contributed by atoms with E-state index in [-0.39, 0.29) is 0 Å². The van der Waals surface area contributed by atoms with Crippen LogP contribution in [0.25, 0.3) is 6.08 Å². The lowest BCUT2D eigenvalue weighted by Gasteiger charge is -2.02. The molecule has 1 aromatic rings. The summed E-state index contributed by atoms with van der Waals surface area (Å²) < 4.78 is 4.77. The average Bonchev–Trinajstić information content (AvgIpc) is 2.34. The van der Waals surface area contributed by atoms with E-state index in [1.807, 2.05) is 30.3 Å². The van der Waals surface area contributed by atoms with Crippen LogP contribution in [0.1, 0.15) is 5.56 Å². The van der Waals surface area contributed by atoms with Crippen molar-refractivity contribution in [1.29, 1.82) is 5.26 Å². The van der Waals surface area contributed by atoms with Crippen LogP contribution in [0.15, 0.2) is 49.1 Å². The van der Waals surface area contributed by atoms with Crippen LogP contribution in [-0.4, -0.2) is 12.1 Å². The molecule has 0 radical (unpaired) electrons. The lowest BCUT2D eigenvalue weighted by Crippen LogP contribution is -2.11. The SMILES string of the molecule is C=CC(C#N)OC(=O)C=Cc1ccccc1. The molecule has 0 fully saturated rings. The smallest absolute Gasteiger partial charge is 0.332 e. The van der Waals surface area contributed by atoms with Gasteiger partial charge in [0.25, 0.3) is 0 Å². The number of ether oxygens (including phenoxy) is 1. The highest BCUT2D eigenvalue weighted by atomic mass is 16.5. The van der Waals surface area contributed by atoms with Gasteiger partial charge in [-0.2, -0.15) is 5.26 Å². The molecule has 16 heavy (non-hydrogen) atoms. The van der Waals surface area contributed by atoms with Gasteiger partial charge in [0.1, 0.15) is 6.07 Å². The zero-order chi connectivity index (χ0) is 11.8. The quantitative estimate of drug-likeness (QED) is 0.438. The minimum atomic E-state index is -0.895. The van der Waals surface area contributed by atoms with Crippen molar-refractivity contribution in [3.8, 4) is 6.07 Å². The maximum Gasteiger partial charge on any atom is 0.332 e. The number of esters is 1. The highest BCUT2D eigenvalue weighted by molar-refractivity contribution is 5.87. The second kappa shape index (κ2) is 6.20. The maximum absolute atomic E-state index is 11.2. The third-order valence-electron chi connectivity index (χ3n) is 1.80. The molecule has 0 aromatic heterocycles. The van der Waals surface area contributed by atoms with Crippen molar-refractivity contribution < 1.29 is 9.53 Å². The zero-order valence-corrected chi connectivity index (χ0v) is 8.67. The van der Waals surface area contributed by atoms with E-state index in [2.05, 4.69) is 6.58 Å². The molecular weight excluding hydrogens is 202 g/mol. The molecule has 0 saturated carbocycles. The molecule has 0 N–H and O–H groups in total. The van der Waals surface area contributed by atoms with Crippen LogP contribution in [0.3, 0.4) is 0 Å². The minimum Gasteiger partial charge on any atom is -0.439 e. The van der Waals surface area contributed by atoms with E-state index in [9.17, 15) is 4.79 Å². The molecule has 1 atom stereocenters. The van der Waals surface area contributed by atoms with Crippen molar-refractivity contribution in [3.63, 3.8) is 0 Å². The lowest BCUT2D eigenvalue weighted by atomic mass is 10.2. The van der Waals surface area contributed by atoms with Gasteiger partial charge in [-0.1, -0.05) is 36.9 Å². The summed E-state index contributed by atoms with van der Waals surface area (Å²) >= 11 is 0. The highest BCUT2D eigenvalue weighted by Crippen LogP contribution is 2.02. The van der Waals surface area contributed by atoms with Gasteiger partial charge in [0, 0.05) is 6.08 Å². The topological polar surface area (TPSA) is 50.1 Å². The van der Waals surface area contributed by atoms with E-state index in [0.29, 0.717) is 0 Å². The van der Waals surface area contributed by atoms with Crippen molar-refractivity contribution in [3.05, 3.63) is 54.6 Å². The summed E-state index contributed by atoms with van der Waals surface area (Å²) in [5, 5.41) is 8.54. The molecule has 0 aliphatic rings. The van der Waals surface area contributed by atoms with Gasteiger partial charge in [0.05, 0.1) is 0 Å². The lowest BCUT2D eigenvalue weighted by molar-refractivity contribution is -0.138. The summed E-state index contributed by atoms with van der Waals surface area (Å²) in [6.07, 6.45) is 3.28. The molecule has 3 heteroatoms. The number of rotatable bonds is 4. The van der Waals surface area contributed by atoms with E-state index in [1.54, 1.807) is 12.1 Å². The van der Waals surface area contributed by atoms with Gasteiger partial charge in [-0.05, 0) is 17.7 Å². The molecule has 3 nitrogen and oxygen atoms in total. The second-order valence-electron chi connectivity index (χ2n) is 2.97. The fourth-order valence-electron chi connectivity index (χ4n) is 1.02. The number of hydrogen-bond acceptors (Lipinski definition) is 3. The standard InChI is InChI=1S/C13H11NO2/c1-2-12(10-14)16-13(15)9-8-11-6-4-3-5-7-11/h2-9,12H,1H2. The van der Waals surface area contributed by atoms with E-state index in [0.717, 1.165) is 5.56 Å². The van der Waals surface area contributed by atoms with Crippen molar-refractivity contribution >= 4 is 12.0 Å². The second-order valence-corrected chi connectivity index (χ2v) is 2.97. The predicted octanol–water partition coefficient (Wildman–Crippen LogP) is 2.32. The van der Waals surface area contributed by atoms with Gasteiger partial charge in [-0.25, -0.2) is 4.79 Å². The maximum atomic E-state index is 11.2. The highest BCUT2D eigenvalue weighted by Gasteiger charge is 2.05. The normalized spacial score (nSPS) is 11.7. The molecule has 0 bridgehead atoms.